The summed E-state index contributed by atoms with van der Waals surface area (Å²) in [6.45, 7) is 2.94. The van der Waals surface area contributed by atoms with Crippen LogP contribution in [-0.4, -0.2) is 40.1 Å². The molecule has 0 unspecified atom stereocenters. The van der Waals surface area contributed by atoms with Crippen LogP contribution in [0, 0.1) is 6.92 Å². The molecule has 0 aliphatic rings. The lowest BCUT2D eigenvalue weighted by Gasteiger charge is -2.09. The van der Waals surface area contributed by atoms with E-state index in [1.807, 2.05) is 0 Å². The van der Waals surface area contributed by atoms with Gasteiger partial charge >= 0.3 is 5.97 Å². The third-order valence-electron chi connectivity index (χ3n) is 2.57. The summed E-state index contributed by atoms with van der Waals surface area (Å²) in [5, 5.41) is 7.49. The summed E-state index contributed by atoms with van der Waals surface area (Å²) < 4.78 is 32.3. The van der Waals surface area contributed by atoms with Crippen molar-refractivity contribution < 1.29 is 27.5 Å². The average molecular weight is 330 g/mol. The molecule has 1 rings (SSSR count). The van der Waals surface area contributed by atoms with Crippen LogP contribution in [0.15, 0.2) is 23.1 Å². The molecule has 0 saturated carbocycles. The number of primary sulfonamides is 1. The van der Waals surface area contributed by atoms with E-state index in [2.05, 4.69) is 10.1 Å². The van der Waals surface area contributed by atoms with Crippen molar-refractivity contribution in [2.45, 2.75) is 18.7 Å². The number of carbonyl (C=O) groups is 2. The molecule has 22 heavy (non-hydrogen) atoms. The Morgan fingerprint density at radius 3 is 2.55 bits per heavy atom. The number of anilines is 1. The van der Waals surface area contributed by atoms with Crippen LogP contribution in [0.1, 0.15) is 12.5 Å². The molecule has 0 spiro atoms. The molecular weight excluding hydrogens is 312 g/mol. The summed E-state index contributed by atoms with van der Waals surface area (Å²) in [5.41, 5.74) is 0.698. The Bertz CT molecular complexity index is 656. The fourth-order valence-corrected chi connectivity index (χ4v) is 2.36. The summed E-state index contributed by atoms with van der Waals surface area (Å²) in [5.74, 6) is -1.26. The molecule has 0 aliphatic heterocycles. The second kappa shape index (κ2) is 7.87. The van der Waals surface area contributed by atoms with Gasteiger partial charge in [0.05, 0.1) is 4.90 Å². The zero-order valence-electron chi connectivity index (χ0n) is 12.3. The lowest BCUT2D eigenvalue weighted by atomic mass is 10.2. The van der Waals surface area contributed by atoms with Gasteiger partial charge in [-0.15, -0.1) is 0 Å². The van der Waals surface area contributed by atoms with Gasteiger partial charge in [-0.2, -0.15) is 0 Å². The van der Waals surface area contributed by atoms with Gasteiger partial charge in [-0.05, 0) is 31.5 Å². The van der Waals surface area contributed by atoms with Crippen molar-refractivity contribution in [3.05, 3.63) is 23.8 Å². The zero-order chi connectivity index (χ0) is 16.8. The van der Waals surface area contributed by atoms with Crippen LogP contribution in [-0.2, 0) is 29.1 Å². The van der Waals surface area contributed by atoms with E-state index in [1.54, 1.807) is 13.8 Å². The van der Waals surface area contributed by atoms with Gasteiger partial charge in [0.25, 0.3) is 5.91 Å². The largest absolute Gasteiger partial charge is 0.454 e. The van der Waals surface area contributed by atoms with E-state index in [0.29, 0.717) is 12.2 Å². The quantitative estimate of drug-likeness (QED) is 0.686. The number of nitrogens with two attached hydrogens (primary N) is 1. The lowest BCUT2D eigenvalue weighted by molar-refractivity contribution is -0.151. The molecule has 0 heterocycles. The van der Waals surface area contributed by atoms with Gasteiger partial charge in [-0.1, -0.05) is 6.07 Å². The highest BCUT2D eigenvalue weighted by molar-refractivity contribution is 7.89. The van der Waals surface area contributed by atoms with Crippen LogP contribution in [0.5, 0.6) is 0 Å². The normalized spacial score (nSPS) is 11.0. The molecule has 0 aromatic heterocycles. The third kappa shape index (κ3) is 5.80. The van der Waals surface area contributed by atoms with Crippen LogP contribution >= 0.6 is 0 Å². The molecule has 0 radical (unpaired) electrons. The lowest BCUT2D eigenvalue weighted by Crippen LogP contribution is -2.23. The molecular formula is C13H18N2O6S. The van der Waals surface area contributed by atoms with Crippen LogP contribution in [0.4, 0.5) is 5.69 Å². The van der Waals surface area contributed by atoms with E-state index in [-0.39, 0.29) is 17.2 Å². The Morgan fingerprint density at radius 1 is 1.27 bits per heavy atom. The standard InChI is InChI=1S/C13H18N2O6S/c1-3-20-8-13(17)21-7-12(16)15-10-5-4-9(2)11(6-10)22(14,18)19/h4-6H,3,7-8H2,1-2H3,(H,15,16)(H2,14,18,19). The number of ether oxygens (including phenoxy) is 2. The molecule has 122 valence electrons. The summed E-state index contributed by atoms with van der Waals surface area (Å²) in [6, 6.07) is 4.27. The van der Waals surface area contributed by atoms with E-state index < -0.39 is 28.5 Å². The summed E-state index contributed by atoms with van der Waals surface area (Å²) in [4.78, 5) is 22.7. The van der Waals surface area contributed by atoms with E-state index in [0.717, 1.165) is 0 Å². The number of hydrogen-bond acceptors (Lipinski definition) is 6. The first-order valence-electron chi connectivity index (χ1n) is 6.40. The summed E-state index contributed by atoms with van der Waals surface area (Å²) >= 11 is 0. The number of carbonyl (C=O) groups excluding carboxylic acids is 2. The maximum atomic E-state index is 11.6. The van der Waals surface area contributed by atoms with E-state index in [4.69, 9.17) is 9.88 Å². The molecule has 0 saturated heterocycles. The number of aryl methyl sites for hydroxylation is 1. The van der Waals surface area contributed by atoms with Crippen LogP contribution < -0.4 is 10.5 Å². The maximum absolute atomic E-state index is 11.6. The van der Waals surface area contributed by atoms with Crippen molar-refractivity contribution in [3.8, 4) is 0 Å². The van der Waals surface area contributed by atoms with Crippen LogP contribution in [0.3, 0.4) is 0 Å². The van der Waals surface area contributed by atoms with E-state index >= 15 is 0 Å². The Morgan fingerprint density at radius 2 is 1.95 bits per heavy atom. The van der Waals surface area contributed by atoms with Gasteiger partial charge in [0, 0.05) is 12.3 Å². The number of nitrogens with one attached hydrogen (secondary N) is 1. The van der Waals surface area contributed by atoms with Gasteiger partial charge in [0.2, 0.25) is 10.0 Å². The first-order chi connectivity index (χ1) is 10.2. The fraction of sp³-hybridized carbons (Fsp3) is 0.385. The minimum absolute atomic E-state index is 0.0846. The van der Waals surface area contributed by atoms with Crippen molar-refractivity contribution in [3.63, 3.8) is 0 Å². The predicted molar refractivity (Wildman–Crippen MR) is 78.6 cm³/mol. The molecule has 3 N–H and O–H groups in total. The van der Waals surface area contributed by atoms with Gasteiger partial charge in [-0.3, -0.25) is 4.79 Å². The second-order valence-corrected chi connectivity index (χ2v) is 5.90. The van der Waals surface area contributed by atoms with Crippen molar-refractivity contribution in [1.82, 2.24) is 0 Å². The van der Waals surface area contributed by atoms with Gasteiger partial charge in [0.1, 0.15) is 6.61 Å². The van der Waals surface area contributed by atoms with E-state index in [9.17, 15) is 18.0 Å². The monoisotopic (exact) mass is 330 g/mol. The van der Waals surface area contributed by atoms with Crippen molar-refractivity contribution in [2.75, 3.05) is 25.1 Å². The third-order valence-corrected chi connectivity index (χ3v) is 3.62. The molecule has 1 aromatic rings. The molecule has 0 aliphatic carbocycles. The highest BCUT2D eigenvalue weighted by atomic mass is 32.2. The predicted octanol–water partition coefficient (Wildman–Crippen LogP) is 0.161. The Balaban J connectivity index is 2.64. The first kappa shape index (κ1) is 18.1. The summed E-state index contributed by atoms with van der Waals surface area (Å²) in [7, 11) is -3.88. The van der Waals surface area contributed by atoms with E-state index in [1.165, 1.54) is 18.2 Å². The molecule has 1 aromatic carbocycles. The van der Waals surface area contributed by atoms with Crippen LogP contribution in [0.2, 0.25) is 0 Å². The topological polar surface area (TPSA) is 125 Å². The number of benzene rings is 1. The molecule has 0 bridgehead atoms. The van der Waals surface area contributed by atoms with Gasteiger partial charge < -0.3 is 14.8 Å². The second-order valence-electron chi connectivity index (χ2n) is 4.37. The number of sulfonamides is 1. The molecule has 0 atom stereocenters. The first-order valence-corrected chi connectivity index (χ1v) is 7.95. The average Bonchev–Trinajstić information content (AvgIpc) is 2.43. The highest BCUT2D eigenvalue weighted by Gasteiger charge is 2.14. The van der Waals surface area contributed by atoms with Gasteiger partial charge in [0.15, 0.2) is 6.61 Å². The Hall–Kier alpha value is -1.97. The highest BCUT2D eigenvalue weighted by Crippen LogP contribution is 2.18. The smallest absolute Gasteiger partial charge is 0.332 e. The molecule has 0 fully saturated rings. The summed E-state index contributed by atoms with van der Waals surface area (Å²) in [6.07, 6.45) is 0. The Kier molecular flexibility index (Phi) is 6.47. The number of amides is 1. The van der Waals surface area contributed by atoms with Crippen molar-refractivity contribution in [2.24, 2.45) is 5.14 Å². The van der Waals surface area contributed by atoms with Crippen molar-refractivity contribution in [1.29, 1.82) is 0 Å². The minimum atomic E-state index is -3.88. The van der Waals surface area contributed by atoms with Crippen LogP contribution in [0.25, 0.3) is 0 Å². The van der Waals surface area contributed by atoms with Gasteiger partial charge in [-0.25, -0.2) is 18.4 Å². The van der Waals surface area contributed by atoms with Crippen molar-refractivity contribution >= 4 is 27.6 Å². The molecule has 1 amide bonds. The SMILES string of the molecule is CCOCC(=O)OCC(=O)Nc1ccc(C)c(S(N)(=O)=O)c1. The minimum Gasteiger partial charge on any atom is -0.454 e. The number of rotatable bonds is 7. The fourth-order valence-electron chi connectivity index (χ4n) is 1.55. The number of hydrogen-bond donors (Lipinski definition) is 2. The zero-order valence-corrected chi connectivity index (χ0v) is 13.1. The molecule has 8 nitrogen and oxygen atoms in total. The Labute approximate surface area is 128 Å². The molecule has 9 heteroatoms. The number of esters is 1. The maximum Gasteiger partial charge on any atom is 0.332 e.